The minimum atomic E-state index is -0.934. The lowest BCUT2D eigenvalue weighted by Gasteiger charge is -2.03. The highest BCUT2D eigenvalue weighted by atomic mass is 32.2. The maximum atomic E-state index is 11.8. The predicted octanol–water partition coefficient (Wildman–Crippen LogP) is 1.97. The molecule has 1 N–H and O–H groups in total. The molecule has 0 spiro atoms. The Balaban J connectivity index is 2.40. The van der Waals surface area contributed by atoms with Crippen molar-refractivity contribution in [2.45, 2.75) is 24.2 Å². The molecule has 1 atom stereocenters. The van der Waals surface area contributed by atoms with E-state index in [-0.39, 0.29) is 6.61 Å². The van der Waals surface area contributed by atoms with E-state index in [1.807, 2.05) is 24.3 Å². The van der Waals surface area contributed by atoms with E-state index in [1.165, 1.54) is 0 Å². The van der Waals surface area contributed by atoms with Crippen LogP contribution in [0, 0.1) is 0 Å². The van der Waals surface area contributed by atoms with E-state index in [9.17, 15) is 4.21 Å². The molecule has 0 aliphatic carbocycles. The number of hydrogen-bond donors (Lipinski definition) is 1. The van der Waals surface area contributed by atoms with Gasteiger partial charge in [0.15, 0.2) is 0 Å². The Kier molecular flexibility index (Phi) is 6.11. The molecule has 1 rings (SSSR count). The number of rotatable bonds is 7. The molecule has 0 radical (unpaired) electrons. The minimum Gasteiger partial charge on any atom is -0.497 e. The largest absolute Gasteiger partial charge is 0.497 e. The molecular weight excluding hydrogens is 224 g/mol. The fraction of sp³-hybridized carbons (Fsp3) is 0.500. The fourth-order valence-corrected chi connectivity index (χ4v) is 2.51. The van der Waals surface area contributed by atoms with Gasteiger partial charge >= 0.3 is 0 Å². The highest BCUT2D eigenvalue weighted by Crippen LogP contribution is 2.15. The zero-order valence-corrected chi connectivity index (χ0v) is 10.3. The third-order valence-electron chi connectivity index (χ3n) is 2.31. The van der Waals surface area contributed by atoms with E-state index in [0.717, 1.165) is 29.9 Å². The van der Waals surface area contributed by atoms with Gasteiger partial charge in [-0.2, -0.15) is 0 Å². The second kappa shape index (κ2) is 7.41. The average Bonchev–Trinajstić information content (AvgIpc) is 2.34. The third kappa shape index (κ3) is 4.33. The van der Waals surface area contributed by atoms with Crippen molar-refractivity contribution in [3.8, 4) is 5.75 Å². The molecule has 0 heterocycles. The van der Waals surface area contributed by atoms with Crippen LogP contribution < -0.4 is 4.74 Å². The standard InChI is InChI=1S/C12H18O3S/c1-15-11-5-7-12(8-6-11)16(14)10-4-2-3-9-13/h5-8,13H,2-4,9-10H2,1H3. The summed E-state index contributed by atoms with van der Waals surface area (Å²) >= 11 is 0. The zero-order valence-electron chi connectivity index (χ0n) is 9.52. The first-order chi connectivity index (χ1) is 7.77. The summed E-state index contributed by atoms with van der Waals surface area (Å²) in [4.78, 5) is 0.838. The molecule has 0 saturated carbocycles. The highest BCUT2D eigenvalue weighted by Gasteiger charge is 2.03. The minimum absolute atomic E-state index is 0.217. The summed E-state index contributed by atoms with van der Waals surface area (Å²) in [6.07, 6.45) is 2.61. The van der Waals surface area contributed by atoms with Crippen molar-refractivity contribution in [1.29, 1.82) is 0 Å². The van der Waals surface area contributed by atoms with E-state index in [0.29, 0.717) is 5.75 Å². The fourth-order valence-electron chi connectivity index (χ4n) is 1.37. The molecule has 1 aromatic carbocycles. The first-order valence-corrected chi connectivity index (χ1v) is 6.73. The molecule has 90 valence electrons. The number of methoxy groups -OCH3 is 1. The molecule has 1 unspecified atom stereocenters. The van der Waals surface area contributed by atoms with Gasteiger partial charge in [-0.05, 0) is 37.1 Å². The number of aliphatic hydroxyl groups is 1. The molecule has 0 amide bonds. The van der Waals surface area contributed by atoms with Crippen molar-refractivity contribution in [2.24, 2.45) is 0 Å². The molecule has 0 aromatic heterocycles. The molecular formula is C12H18O3S. The second-order valence-corrected chi connectivity index (χ2v) is 5.08. The maximum Gasteiger partial charge on any atom is 0.118 e. The summed E-state index contributed by atoms with van der Waals surface area (Å²) in [6, 6.07) is 7.31. The Morgan fingerprint density at radius 3 is 2.44 bits per heavy atom. The van der Waals surface area contributed by atoms with Crippen LogP contribution in [0.2, 0.25) is 0 Å². The van der Waals surface area contributed by atoms with Crippen LogP contribution in [0.3, 0.4) is 0 Å². The summed E-state index contributed by atoms with van der Waals surface area (Å²) in [5.74, 6) is 1.44. The molecule has 0 saturated heterocycles. The van der Waals surface area contributed by atoms with Gasteiger partial charge in [-0.1, -0.05) is 6.42 Å². The first kappa shape index (κ1) is 13.2. The molecule has 16 heavy (non-hydrogen) atoms. The van der Waals surface area contributed by atoms with Gasteiger partial charge in [0.1, 0.15) is 5.75 Å². The predicted molar refractivity (Wildman–Crippen MR) is 65.2 cm³/mol. The SMILES string of the molecule is COc1ccc(S(=O)CCCCCO)cc1. The summed E-state index contributed by atoms with van der Waals surface area (Å²) in [5.41, 5.74) is 0. The van der Waals surface area contributed by atoms with Gasteiger partial charge in [0.05, 0.1) is 17.9 Å². The van der Waals surface area contributed by atoms with Gasteiger partial charge in [-0.3, -0.25) is 4.21 Å². The van der Waals surface area contributed by atoms with Gasteiger partial charge in [0, 0.05) is 17.3 Å². The van der Waals surface area contributed by atoms with Crippen molar-refractivity contribution in [3.63, 3.8) is 0 Å². The van der Waals surface area contributed by atoms with Gasteiger partial charge in [0.25, 0.3) is 0 Å². The van der Waals surface area contributed by atoms with Crippen LogP contribution in [-0.4, -0.2) is 28.8 Å². The zero-order chi connectivity index (χ0) is 11.8. The van der Waals surface area contributed by atoms with Gasteiger partial charge in [-0.25, -0.2) is 0 Å². The number of aliphatic hydroxyl groups excluding tert-OH is 1. The lowest BCUT2D eigenvalue weighted by atomic mass is 10.3. The van der Waals surface area contributed by atoms with E-state index in [1.54, 1.807) is 7.11 Å². The van der Waals surface area contributed by atoms with E-state index < -0.39 is 10.8 Å². The van der Waals surface area contributed by atoms with Crippen molar-refractivity contribution >= 4 is 10.8 Å². The number of ether oxygens (including phenoxy) is 1. The van der Waals surface area contributed by atoms with Crippen LogP contribution >= 0.6 is 0 Å². The molecule has 3 nitrogen and oxygen atoms in total. The van der Waals surface area contributed by atoms with Gasteiger partial charge < -0.3 is 9.84 Å². The normalized spacial score (nSPS) is 12.4. The van der Waals surface area contributed by atoms with Crippen molar-refractivity contribution < 1.29 is 14.1 Å². The number of benzene rings is 1. The quantitative estimate of drug-likeness (QED) is 0.744. The maximum absolute atomic E-state index is 11.8. The van der Waals surface area contributed by atoms with Crippen LogP contribution in [0.4, 0.5) is 0 Å². The first-order valence-electron chi connectivity index (χ1n) is 5.41. The Hall–Kier alpha value is -0.870. The lowest BCUT2D eigenvalue weighted by Crippen LogP contribution is -1.98. The monoisotopic (exact) mass is 242 g/mol. The highest BCUT2D eigenvalue weighted by molar-refractivity contribution is 7.85. The van der Waals surface area contributed by atoms with Crippen LogP contribution in [0.5, 0.6) is 5.75 Å². The summed E-state index contributed by atoms with van der Waals surface area (Å²) in [6.45, 7) is 0.217. The molecule has 1 aromatic rings. The third-order valence-corrected chi connectivity index (χ3v) is 3.77. The summed E-state index contributed by atoms with van der Waals surface area (Å²) in [7, 11) is 0.678. The lowest BCUT2D eigenvalue weighted by molar-refractivity contribution is 0.284. The smallest absolute Gasteiger partial charge is 0.118 e. The Labute approximate surface area is 98.9 Å². The van der Waals surface area contributed by atoms with Gasteiger partial charge in [0.2, 0.25) is 0 Å². The van der Waals surface area contributed by atoms with Crippen molar-refractivity contribution in [3.05, 3.63) is 24.3 Å². The Morgan fingerprint density at radius 2 is 1.88 bits per heavy atom. The van der Waals surface area contributed by atoms with Gasteiger partial charge in [-0.15, -0.1) is 0 Å². The van der Waals surface area contributed by atoms with Crippen molar-refractivity contribution in [2.75, 3.05) is 19.5 Å². The Bertz CT molecular complexity index is 322. The van der Waals surface area contributed by atoms with E-state index in [4.69, 9.17) is 9.84 Å². The second-order valence-electron chi connectivity index (χ2n) is 3.51. The Morgan fingerprint density at radius 1 is 1.19 bits per heavy atom. The summed E-state index contributed by atoms with van der Waals surface area (Å²) in [5, 5.41) is 8.62. The van der Waals surface area contributed by atoms with Crippen LogP contribution in [0.15, 0.2) is 29.2 Å². The number of unbranched alkanes of at least 4 members (excludes halogenated alkanes) is 2. The topological polar surface area (TPSA) is 46.5 Å². The van der Waals surface area contributed by atoms with Crippen molar-refractivity contribution in [1.82, 2.24) is 0 Å². The van der Waals surface area contributed by atoms with Crippen LogP contribution in [0.25, 0.3) is 0 Å². The number of hydrogen-bond acceptors (Lipinski definition) is 3. The molecule has 0 aliphatic heterocycles. The van der Waals surface area contributed by atoms with E-state index in [2.05, 4.69) is 0 Å². The van der Waals surface area contributed by atoms with Crippen LogP contribution in [0.1, 0.15) is 19.3 Å². The summed E-state index contributed by atoms with van der Waals surface area (Å²) < 4.78 is 16.9. The van der Waals surface area contributed by atoms with Crippen LogP contribution in [-0.2, 0) is 10.8 Å². The molecule has 0 bridgehead atoms. The average molecular weight is 242 g/mol. The molecule has 0 fully saturated rings. The molecule has 4 heteroatoms. The molecule has 0 aliphatic rings. The van der Waals surface area contributed by atoms with E-state index >= 15 is 0 Å².